The molecule has 8 nitrogen and oxygen atoms in total. The maximum Gasteiger partial charge on any atom is 0.343 e. The molecule has 2 aliphatic rings. The van der Waals surface area contributed by atoms with Crippen molar-refractivity contribution in [3.63, 3.8) is 0 Å². The van der Waals surface area contributed by atoms with E-state index in [-0.39, 0.29) is 34.6 Å². The normalized spacial score (nSPS) is 15.6. The van der Waals surface area contributed by atoms with Gasteiger partial charge in [-0.25, -0.2) is 18.4 Å². The molecule has 1 aliphatic carbocycles. The van der Waals surface area contributed by atoms with Gasteiger partial charge in [0.1, 0.15) is 17.6 Å². The Morgan fingerprint density at radius 1 is 0.700 bits per heavy atom. The monoisotopic (exact) mass is 686 g/mol. The van der Waals surface area contributed by atoms with Crippen LogP contribution in [-0.2, 0) is 9.47 Å². The molecule has 6 rings (SSSR count). The third-order valence-corrected chi connectivity index (χ3v) is 8.68. The highest BCUT2D eigenvalue weighted by molar-refractivity contribution is 5.92. The van der Waals surface area contributed by atoms with Gasteiger partial charge < -0.3 is 28.4 Å². The lowest BCUT2D eigenvalue weighted by atomic mass is 9.99. The van der Waals surface area contributed by atoms with E-state index in [0.29, 0.717) is 44.3 Å². The molecule has 0 saturated carbocycles. The Kier molecular flexibility index (Phi) is 11.4. The molecule has 0 aromatic heterocycles. The highest BCUT2D eigenvalue weighted by Gasteiger charge is 2.28. The van der Waals surface area contributed by atoms with Gasteiger partial charge in [0.05, 0.1) is 37.6 Å². The number of hydrogen-bond donors (Lipinski definition) is 0. The van der Waals surface area contributed by atoms with Gasteiger partial charge in [0.2, 0.25) is 0 Å². The topological polar surface area (TPSA) is 92.8 Å². The summed E-state index contributed by atoms with van der Waals surface area (Å²) in [5.41, 5.74) is 3.89. The summed E-state index contributed by atoms with van der Waals surface area (Å²) < 4.78 is 62.2. The van der Waals surface area contributed by atoms with Crippen molar-refractivity contribution < 1.29 is 46.8 Å². The summed E-state index contributed by atoms with van der Waals surface area (Å²) in [5, 5.41) is 0. The van der Waals surface area contributed by atoms with Gasteiger partial charge >= 0.3 is 11.9 Å². The van der Waals surface area contributed by atoms with Crippen LogP contribution in [0.5, 0.6) is 23.0 Å². The number of ether oxygens (including phenoxy) is 6. The summed E-state index contributed by atoms with van der Waals surface area (Å²) in [4.78, 5) is 25.8. The Bertz CT molecular complexity index is 1840. The van der Waals surface area contributed by atoms with Gasteiger partial charge in [0, 0.05) is 12.5 Å². The summed E-state index contributed by atoms with van der Waals surface area (Å²) in [6.45, 7) is 6.76. The molecule has 262 valence electrons. The van der Waals surface area contributed by atoms with Crippen LogP contribution >= 0.6 is 0 Å². The zero-order valence-corrected chi connectivity index (χ0v) is 28.2. The molecule has 1 saturated heterocycles. The van der Waals surface area contributed by atoms with E-state index in [1.165, 1.54) is 24.3 Å². The van der Waals surface area contributed by atoms with Crippen molar-refractivity contribution in [2.45, 2.75) is 58.0 Å². The fourth-order valence-electron chi connectivity index (χ4n) is 5.81. The first-order valence-corrected chi connectivity index (χ1v) is 17.1. The van der Waals surface area contributed by atoms with E-state index in [4.69, 9.17) is 28.4 Å². The number of rotatable bonds is 17. The number of unbranched alkanes of at least 4 members (excludes halogenated alkanes) is 3. The van der Waals surface area contributed by atoms with Crippen molar-refractivity contribution in [3.05, 3.63) is 107 Å². The number of esters is 2. The van der Waals surface area contributed by atoms with Crippen LogP contribution in [0.4, 0.5) is 8.78 Å². The Morgan fingerprint density at radius 3 is 1.68 bits per heavy atom. The Morgan fingerprint density at radius 2 is 1.20 bits per heavy atom. The summed E-state index contributed by atoms with van der Waals surface area (Å²) in [6.07, 6.45) is 4.57. The second kappa shape index (κ2) is 16.3. The predicted octanol–water partition coefficient (Wildman–Crippen LogP) is 8.68. The second-order valence-electron chi connectivity index (χ2n) is 12.4. The Labute approximate surface area is 290 Å². The molecular weight excluding hydrogens is 646 g/mol. The molecule has 0 amide bonds. The molecule has 2 unspecified atom stereocenters. The number of hydrogen-bond acceptors (Lipinski definition) is 8. The molecule has 4 aromatic rings. The molecule has 1 aliphatic heterocycles. The van der Waals surface area contributed by atoms with Crippen molar-refractivity contribution in [1.82, 2.24) is 0 Å². The Balaban J connectivity index is 1.03. The minimum Gasteiger partial charge on any atom is -0.491 e. The first-order valence-electron chi connectivity index (χ1n) is 17.1. The van der Waals surface area contributed by atoms with Gasteiger partial charge in [-0.15, -0.1) is 0 Å². The van der Waals surface area contributed by atoms with Gasteiger partial charge in [-0.05, 0) is 102 Å². The molecule has 0 bridgehead atoms. The number of fused-ring (bicyclic) bond motifs is 3. The van der Waals surface area contributed by atoms with Gasteiger partial charge in [0.25, 0.3) is 0 Å². The number of carbonyl (C=O) groups excluding carboxylic acids is 2. The van der Waals surface area contributed by atoms with Crippen molar-refractivity contribution in [2.75, 3.05) is 33.0 Å². The van der Waals surface area contributed by atoms with Gasteiger partial charge in [0.15, 0.2) is 23.1 Å². The molecule has 0 N–H and O–H groups in total. The largest absolute Gasteiger partial charge is 0.491 e. The van der Waals surface area contributed by atoms with Crippen LogP contribution in [0.15, 0.2) is 72.8 Å². The summed E-state index contributed by atoms with van der Waals surface area (Å²) >= 11 is 0. The number of benzene rings is 4. The fraction of sp³-hybridized carbons (Fsp3) is 0.350. The van der Waals surface area contributed by atoms with Crippen molar-refractivity contribution in [1.29, 1.82) is 0 Å². The third-order valence-electron chi connectivity index (χ3n) is 8.68. The average molecular weight is 687 g/mol. The number of epoxide rings is 1. The summed E-state index contributed by atoms with van der Waals surface area (Å²) in [6, 6.07) is 18.7. The Hall–Kier alpha value is -4.80. The maximum atomic E-state index is 14.7. The van der Waals surface area contributed by atoms with Crippen LogP contribution in [0.1, 0.15) is 83.7 Å². The van der Waals surface area contributed by atoms with E-state index in [1.807, 2.05) is 19.1 Å². The molecule has 4 aromatic carbocycles. The van der Waals surface area contributed by atoms with E-state index in [9.17, 15) is 18.4 Å². The predicted molar refractivity (Wildman–Crippen MR) is 182 cm³/mol. The number of halogens is 2. The minimum absolute atomic E-state index is 0.0582. The van der Waals surface area contributed by atoms with E-state index < -0.39 is 23.6 Å². The highest BCUT2D eigenvalue weighted by Crippen LogP contribution is 2.47. The SMILES string of the molecule is CCCCCOc1ccc(C(=O)Oc2ccc3c(c2)C(C)c2cc(OC(=O)c4ccc(OCCCCOCC5CO5)c(F)c4)ccc2-3)cc1F. The highest BCUT2D eigenvalue weighted by atomic mass is 19.1. The van der Waals surface area contributed by atoms with Crippen LogP contribution in [-0.4, -0.2) is 51.1 Å². The first-order chi connectivity index (χ1) is 24.3. The zero-order chi connectivity index (χ0) is 35.0. The van der Waals surface area contributed by atoms with Crippen LogP contribution in [0.25, 0.3) is 11.1 Å². The second-order valence-corrected chi connectivity index (χ2v) is 12.4. The lowest BCUT2D eigenvalue weighted by Crippen LogP contribution is -2.10. The standard InChI is InChI=1S/C40H40F2O8/c1-3-4-5-17-46-37-14-8-26(19-35(37)41)39(43)49-28-10-12-31-32-13-11-29(22-34(32)25(2)33(31)21-28)50-40(44)27-9-15-38(36(42)20-27)47-18-7-6-16-45-23-30-24-48-30/h8-15,19-22,25,30H,3-7,16-18,23-24H2,1-2H3. The van der Waals surface area contributed by atoms with Gasteiger partial charge in [-0.1, -0.05) is 38.8 Å². The quantitative estimate of drug-likeness (QED) is 0.0472. The molecule has 1 heterocycles. The molecule has 0 spiro atoms. The lowest BCUT2D eigenvalue weighted by Gasteiger charge is -2.11. The summed E-state index contributed by atoms with van der Waals surface area (Å²) in [7, 11) is 0. The third kappa shape index (κ3) is 8.67. The lowest BCUT2D eigenvalue weighted by molar-refractivity contribution is 0.0724. The molecule has 0 radical (unpaired) electrons. The van der Waals surface area contributed by atoms with Crippen molar-refractivity contribution in [2.24, 2.45) is 0 Å². The van der Waals surface area contributed by atoms with Gasteiger partial charge in [-0.3, -0.25) is 0 Å². The fourth-order valence-corrected chi connectivity index (χ4v) is 5.81. The molecule has 2 atom stereocenters. The summed E-state index contributed by atoms with van der Waals surface area (Å²) in [5.74, 6) is -1.95. The van der Waals surface area contributed by atoms with E-state index in [0.717, 1.165) is 66.7 Å². The van der Waals surface area contributed by atoms with Crippen LogP contribution in [0.2, 0.25) is 0 Å². The maximum absolute atomic E-state index is 14.7. The van der Waals surface area contributed by atoms with Crippen LogP contribution in [0.3, 0.4) is 0 Å². The smallest absolute Gasteiger partial charge is 0.343 e. The first kappa shape index (κ1) is 35.0. The van der Waals surface area contributed by atoms with Crippen molar-refractivity contribution in [3.8, 4) is 34.1 Å². The average Bonchev–Trinajstić information content (AvgIpc) is 3.90. The van der Waals surface area contributed by atoms with E-state index >= 15 is 0 Å². The van der Waals surface area contributed by atoms with Crippen molar-refractivity contribution >= 4 is 11.9 Å². The van der Waals surface area contributed by atoms with E-state index in [1.54, 1.807) is 24.3 Å². The molecule has 50 heavy (non-hydrogen) atoms. The molecular formula is C40H40F2O8. The van der Waals surface area contributed by atoms with Crippen LogP contribution in [0, 0.1) is 11.6 Å². The van der Waals surface area contributed by atoms with E-state index in [2.05, 4.69) is 6.92 Å². The van der Waals surface area contributed by atoms with Gasteiger partial charge in [-0.2, -0.15) is 0 Å². The molecule has 10 heteroatoms. The van der Waals surface area contributed by atoms with Crippen LogP contribution < -0.4 is 18.9 Å². The zero-order valence-electron chi connectivity index (χ0n) is 28.2. The minimum atomic E-state index is -0.697. The molecule has 1 fully saturated rings. The number of carbonyl (C=O) groups is 2.